The van der Waals surface area contributed by atoms with Gasteiger partial charge in [0.05, 0.1) is 19.8 Å². The summed E-state index contributed by atoms with van der Waals surface area (Å²) in [5, 5.41) is 10.2. The van der Waals surface area contributed by atoms with Crippen LogP contribution in [0.2, 0.25) is 0 Å². The van der Waals surface area contributed by atoms with Crippen LogP contribution in [0.4, 0.5) is 0 Å². The number of benzene rings is 1. The number of aliphatic hydroxyl groups excluding tert-OH is 1. The second kappa shape index (κ2) is 9.23. The maximum absolute atomic E-state index is 12.7. The number of carbonyl (C=O) groups is 1. The van der Waals surface area contributed by atoms with Crippen molar-refractivity contribution in [3.05, 3.63) is 47.5 Å². The number of allylic oxidation sites excluding steroid dienone is 1. The lowest BCUT2D eigenvalue weighted by atomic mass is 9.71. The molecule has 0 radical (unpaired) electrons. The SMILES string of the molecule is CC(C)C(C/C=C1\C(=O)OC(CO)(COCc2ccccc2)C1(C)C)C(C)C. The minimum absolute atomic E-state index is 0.159. The lowest BCUT2D eigenvalue weighted by molar-refractivity contribution is -0.167. The molecule has 1 N–H and O–H groups in total. The van der Waals surface area contributed by atoms with Crippen LogP contribution < -0.4 is 0 Å². The quantitative estimate of drug-likeness (QED) is 0.489. The zero-order valence-electron chi connectivity index (χ0n) is 18.2. The van der Waals surface area contributed by atoms with E-state index in [1.807, 2.05) is 50.3 Å². The minimum atomic E-state index is -1.06. The molecule has 28 heavy (non-hydrogen) atoms. The summed E-state index contributed by atoms with van der Waals surface area (Å²) in [5.74, 6) is 1.23. The van der Waals surface area contributed by atoms with Gasteiger partial charge in [-0.2, -0.15) is 0 Å². The third-order valence-electron chi connectivity index (χ3n) is 6.33. The van der Waals surface area contributed by atoms with Crippen molar-refractivity contribution in [1.82, 2.24) is 0 Å². The number of rotatable bonds is 9. The average molecular weight is 389 g/mol. The van der Waals surface area contributed by atoms with Crippen molar-refractivity contribution >= 4 is 5.97 Å². The minimum Gasteiger partial charge on any atom is -0.450 e. The van der Waals surface area contributed by atoms with E-state index in [1.165, 1.54) is 0 Å². The van der Waals surface area contributed by atoms with E-state index in [-0.39, 0.29) is 19.2 Å². The van der Waals surface area contributed by atoms with Crippen molar-refractivity contribution in [3.63, 3.8) is 0 Å². The van der Waals surface area contributed by atoms with Crippen molar-refractivity contribution in [2.45, 2.75) is 60.2 Å². The second-order valence-corrected chi connectivity index (χ2v) is 9.15. The third-order valence-corrected chi connectivity index (χ3v) is 6.33. The van der Waals surface area contributed by atoms with Gasteiger partial charge in [-0.15, -0.1) is 0 Å². The highest BCUT2D eigenvalue weighted by atomic mass is 16.6. The highest BCUT2D eigenvalue weighted by molar-refractivity contribution is 5.93. The lowest BCUT2D eigenvalue weighted by Crippen LogP contribution is -2.49. The van der Waals surface area contributed by atoms with Crippen LogP contribution >= 0.6 is 0 Å². The van der Waals surface area contributed by atoms with E-state index in [4.69, 9.17) is 9.47 Å². The van der Waals surface area contributed by atoms with Gasteiger partial charge in [-0.05, 0) is 29.7 Å². The summed E-state index contributed by atoms with van der Waals surface area (Å²) in [7, 11) is 0. The summed E-state index contributed by atoms with van der Waals surface area (Å²) < 4.78 is 11.6. The molecule has 1 aromatic carbocycles. The van der Waals surface area contributed by atoms with Gasteiger partial charge in [-0.1, -0.05) is 78.0 Å². The Balaban J connectivity index is 2.16. The summed E-state index contributed by atoms with van der Waals surface area (Å²) in [6.45, 7) is 13.1. The summed E-state index contributed by atoms with van der Waals surface area (Å²) >= 11 is 0. The summed E-state index contributed by atoms with van der Waals surface area (Å²) in [4.78, 5) is 12.7. The summed E-state index contributed by atoms with van der Waals surface area (Å²) in [5.41, 5.74) is 0.00511. The topological polar surface area (TPSA) is 55.8 Å². The van der Waals surface area contributed by atoms with Gasteiger partial charge in [0, 0.05) is 11.0 Å². The van der Waals surface area contributed by atoms with E-state index in [1.54, 1.807) is 0 Å². The monoisotopic (exact) mass is 388 g/mol. The Kier molecular flexibility index (Phi) is 7.46. The molecule has 0 spiro atoms. The number of cyclic esters (lactones) is 1. The average Bonchev–Trinajstić information content (AvgIpc) is 2.82. The van der Waals surface area contributed by atoms with E-state index >= 15 is 0 Å². The first-order chi connectivity index (χ1) is 13.1. The molecule has 1 aliphatic heterocycles. The fourth-order valence-electron chi connectivity index (χ4n) is 4.16. The van der Waals surface area contributed by atoms with Gasteiger partial charge >= 0.3 is 5.97 Å². The Morgan fingerprint density at radius 1 is 1.11 bits per heavy atom. The standard InChI is InChI=1S/C24H36O4/c1-17(2)20(18(3)4)12-13-21-22(26)28-24(15-25,23(21,5)6)16-27-14-19-10-8-7-9-11-19/h7-11,13,17-18,20,25H,12,14-16H2,1-6H3/b21-13+. The molecule has 1 unspecified atom stereocenters. The summed E-state index contributed by atoms with van der Waals surface area (Å²) in [6.07, 6.45) is 2.86. The molecule has 0 aromatic heterocycles. The lowest BCUT2D eigenvalue weighted by Gasteiger charge is -2.37. The second-order valence-electron chi connectivity index (χ2n) is 9.15. The number of aliphatic hydroxyl groups is 1. The molecule has 1 heterocycles. The highest BCUT2D eigenvalue weighted by Crippen LogP contribution is 2.48. The van der Waals surface area contributed by atoms with Crippen LogP contribution in [0.5, 0.6) is 0 Å². The van der Waals surface area contributed by atoms with Crippen LogP contribution in [-0.2, 0) is 20.9 Å². The normalized spacial score (nSPS) is 23.2. The van der Waals surface area contributed by atoms with Crippen molar-refractivity contribution < 1.29 is 19.4 Å². The van der Waals surface area contributed by atoms with Crippen molar-refractivity contribution in [2.75, 3.05) is 13.2 Å². The number of esters is 1. The Labute approximate surface area is 169 Å². The highest BCUT2D eigenvalue weighted by Gasteiger charge is 2.58. The first-order valence-electron chi connectivity index (χ1n) is 10.3. The number of carbonyl (C=O) groups excluding carboxylic acids is 1. The first kappa shape index (κ1) is 22.6. The van der Waals surface area contributed by atoms with Gasteiger partial charge in [-0.3, -0.25) is 0 Å². The molecule has 0 amide bonds. The fraction of sp³-hybridized carbons (Fsp3) is 0.625. The smallest absolute Gasteiger partial charge is 0.335 e. The number of hydrogen-bond acceptors (Lipinski definition) is 4. The molecule has 1 atom stereocenters. The van der Waals surface area contributed by atoms with Crippen LogP contribution in [0.1, 0.15) is 53.5 Å². The molecule has 1 aromatic rings. The molecule has 0 saturated carbocycles. The molecule has 2 rings (SSSR count). The van der Waals surface area contributed by atoms with E-state index < -0.39 is 11.0 Å². The van der Waals surface area contributed by atoms with E-state index in [9.17, 15) is 9.90 Å². The van der Waals surface area contributed by atoms with Gasteiger partial charge in [0.1, 0.15) is 0 Å². The van der Waals surface area contributed by atoms with E-state index in [0.717, 1.165) is 12.0 Å². The molecule has 1 saturated heterocycles. The Morgan fingerprint density at radius 3 is 2.25 bits per heavy atom. The predicted molar refractivity (Wildman–Crippen MR) is 112 cm³/mol. The maximum Gasteiger partial charge on any atom is 0.335 e. The first-order valence-corrected chi connectivity index (χ1v) is 10.3. The molecule has 156 valence electrons. The molecule has 1 aliphatic rings. The van der Waals surface area contributed by atoms with E-state index in [0.29, 0.717) is 29.9 Å². The van der Waals surface area contributed by atoms with Crippen molar-refractivity contribution in [2.24, 2.45) is 23.2 Å². The molecular formula is C24H36O4. The fourth-order valence-corrected chi connectivity index (χ4v) is 4.16. The van der Waals surface area contributed by atoms with Gasteiger partial charge in [-0.25, -0.2) is 4.79 Å². The van der Waals surface area contributed by atoms with E-state index in [2.05, 4.69) is 27.7 Å². The van der Waals surface area contributed by atoms with Crippen LogP contribution in [-0.4, -0.2) is 29.9 Å². The largest absolute Gasteiger partial charge is 0.450 e. The van der Waals surface area contributed by atoms with Gasteiger partial charge in [0.2, 0.25) is 0 Å². The van der Waals surface area contributed by atoms with Gasteiger partial charge < -0.3 is 14.6 Å². The Morgan fingerprint density at radius 2 is 1.71 bits per heavy atom. The predicted octanol–water partition coefficient (Wildman–Crippen LogP) is 4.76. The third kappa shape index (κ3) is 4.66. The molecule has 4 heteroatoms. The van der Waals surface area contributed by atoms with Crippen LogP contribution in [0, 0.1) is 23.2 Å². The molecule has 0 aliphatic carbocycles. The summed E-state index contributed by atoms with van der Waals surface area (Å²) in [6, 6.07) is 9.85. The zero-order chi connectivity index (χ0) is 20.9. The molecule has 4 nitrogen and oxygen atoms in total. The van der Waals surface area contributed by atoms with Gasteiger partial charge in [0.25, 0.3) is 0 Å². The maximum atomic E-state index is 12.7. The van der Waals surface area contributed by atoms with Crippen molar-refractivity contribution in [3.8, 4) is 0 Å². The van der Waals surface area contributed by atoms with Crippen LogP contribution in [0.25, 0.3) is 0 Å². The number of ether oxygens (including phenoxy) is 2. The Bertz CT molecular complexity index is 667. The van der Waals surface area contributed by atoms with Crippen LogP contribution in [0.15, 0.2) is 42.0 Å². The Hall–Kier alpha value is -1.65. The molecule has 1 fully saturated rings. The molecule has 0 bridgehead atoms. The number of hydrogen-bond donors (Lipinski definition) is 1. The molecular weight excluding hydrogens is 352 g/mol. The zero-order valence-corrected chi connectivity index (χ0v) is 18.2. The van der Waals surface area contributed by atoms with Crippen molar-refractivity contribution in [1.29, 1.82) is 0 Å². The van der Waals surface area contributed by atoms with Crippen LogP contribution in [0.3, 0.4) is 0 Å². The van der Waals surface area contributed by atoms with Gasteiger partial charge in [0.15, 0.2) is 5.60 Å².